The van der Waals surface area contributed by atoms with Crippen molar-refractivity contribution < 1.29 is 9.59 Å². The molecule has 0 aliphatic carbocycles. The van der Waals surface area contributed by atoms with Gasteiger partial charge in [-0.15, -0.1) is 0 Å². The maximum absolute atomic E-state index is 12.7. The van der Waals surface area contributed by atoms with Gasteiger partial charge in [0.15, 0.2) is 0 Å². The first-order valence-corrected chi connectivity index (χ1v) is 9.23. The molecule has 136 valence electrons. The topological polar surface area (TPSA) is 62.3 Å². The summed E-state index contributed by atoms with van der Waals surface area (Å²) in [4.78, 5) is 31.4. The van der Waals surface area contributed by atoms with Gasteiger partial charge in [0.2, 0.25) is 0 Å². The quantitative estimate of drug-likeness (QED) is 0.912. The van der Waals surface area contributed by atoms with Gasteiger partial charge in [0, 0.05) is 30.5 Å². The predicted octanol–water partition coefficient (Wildman–Crippen LogP) is 3.77. The third kappa shape index (κ3) is 4.10. The second-order valence-electron chi connectivity index (χ2n) is 6.89. The minimum atomic E-state index is -0.227. The van der Waals surface area contributed by atoms with E-state index in [1.165, 1.54) is 6.20 Å². The van der Waals surface area contributed by atoms with E-state index in [9.17, 15) is 9.59 Å². The lowest BCUT2D eigenvalue weighted by Gasteiger charge is -2.30. The molecular weight excluding hydrogens is 326 g/mol. The van der Waals surface area contributed by atoms with Crippen LogP contribution in [0.25, 0.3) is 0 Å². The van der Waals surface area contributed by atoms with E-state index >= 15 is 0 Å². The van der Waals surface area contributed by atoms with E-state index < -0.39 is 0 Å². The summed E-state index contributed by atoms with van der Waals surface area (Å²) in [6.07, 6.45) is 4.53. The van der Waals surface area contributed by atoms with Gasteiger partial charge in [0.25, 0.3) is 11.8 Å². The predicted molar refractivity (Wildman–Crippen MR) is 102 cm³/mol. The van der Waals surface area contributed by atoms with Crippen LogP contribution >= 0.6 is 0 Å². The summed E-state index contributed by atoms with van der Waals surface area (Å²) in [5, 5.41) is 2.94. The molecule has 1 aliphatic rings. The van der Waals surface area contributed by atoms with Crippen LogP contribution in [0.2, 0.25) is 0 Å². The zero-order valence-corrected chi connectivity index (χ0v) is 15.4. The van der Waals surface area contributed by atoms with E-state index in [1.54, 1.807) is 12.1 Å². The van der Waals surface area contributed by atoms with Crippen LogP contribution in [-0.4, -0.2) is 34.8 Å². The highest BCUT2D eigenvalue weighted by Gasteiger charge is 2.23. The Balaban J connectivity index is 1.76. The number of carbonyl (C=O) groups excluding carboxylic acids is 2. The number of nitrogens with one attached hydrogen (secondary N) is 1. The standard InChI is InChI=1S/C21H25N3O2/c1-3-16-8-4-5-9-18(16)23-20(25)17-10-11-22-19(13-17)21(26)24-12-6-7-15(2)14-24/h4-5,8-11,13,15H,3,6-7,12,14H2,1-2H3,(H,23,25). The smallest absolute Gasteiger partial charge is 0.272 e. The summed E-state index contributed by atoms with van der Waals surface area (Å²) in [5.74, 6) is 0.180. The number of amides is 2. The molecular formula is C21H25N3O2. The van der Waals surface area contributed by atoms with Gasteiger partial charge in [-0.2, -0.15) is 0 Å². The number of nitrogens with zero attached hydrogens (tertiary/aromatic N) is 2. The Morgan fingerprint density at radius 3 is 2.85 bits per heavy atom. The number of rotatable bonds is 4. The first-order valence-electron chi connectivity index (χ1n) is 9.23. The number of carbonyl (C=O) groups is 2. The second-order valence-corrected chi connectivity index (χ2v) is 6.89. The molecule has 1 fully saturated rings. The number of aromatic nitrogens is 1. The number of benzene rings is 1. The zero-order valence-electron chi connectivity index (χ0n) is 15.4. The Hall–Kier alpha value is -2.69. The molecule has 1 aromatic carbocycles. The molecule has 5 heteroatoms. The molecule has 1 unspecified atom stereocenters. The van der Waals surface area contributed by atoms with E-state index in [1.807, 2.05) is 36.1 Å². The Morgan fingerprint density at radius 2 is 2.08 bits per heavy atom. The molecule has 0 bridgehead atoms. The Labute approximate surface area is 154 Å². The fourth-order valence-corrected chi connectivity index (χ4v) is 3.37. The van der Waals surface area contributed by atoms with E-state index in [-0.39, 0.29) is 11.8 Å². The van der Waals surface area contributed by atoms with Gasteiger partial charge in [-0.3, -0.25) is 14.6 Å². The van der Waals surface area contributed by atoms with Crippen LogP contribution in [0.5, 0.6) is 0 Å². The maximum atomic E-state index is 12.7. The molecule has 1 N–H and O–H groups in total. The van der Waals surface area contributed by atoms with Crippen molar-refractivity contribution in [1.29, 1.82) is 0 Å². The van der Waals surface area contributed by atoms with Crippen molar-refractivity contribution in [3.8, 4) is 0 Å². The molecule has 2 heterocycles. The minimum Gasteiger partial charge on any atom is -0.337 e. The van der Waals surface area contributed by atoms with E-state index in [0.29, 0.717) is 17.2 Å². The average Bonchev–Trinajstić information content (AvgIpc) is 2.68. The lowest BCUT2D eigenvalue weighted by Crippen LogP contribution is -2.39. The highest BCUT2D eigenvalue weighted by atomic mass is 16.2. The number of anilines is 1. The number of piperidine rings is 1. The third-order valence-electron chi connectivity index (χ3n) is 4.83. The van der Waals surface area contributed by atoms with Crippen molar-refractivity contribution in [2.75, 3.05) is 18.4 Å². The number of hydrogen-bond donors (Lipinski definition) is 1. The normalized spacial score (nSPS) is 17.0. The molecule has 0 spiro atoms. The van der Waals surface area contributed by atoms with Crippen LogP contribution in [0.15, 0.2) is 42.6 Å². The fraction of sp³-hybridized carbons (Fsp3) is 0.381. The fourth-order valence-electron chi connectivity index (χ4n) is 3.37. The van der Waals surface area contributed by atoms with Gasteiger partial charge in [-0.25, -0.2) is 0 Å². The number of likely N-dealkylation sites (tertiary alicyclic amines) is 1. The molecule has 0 saturated carbocycles. The minimum absolute atomic E-state index is 0.0971. The molecule has 0 radical (unpaired) electrons. The molecule has 2 amide bonds. The molecule has 3 rings (SSSR count). The zero-order chi connectivity index (χ0) is 18.5. The molecule has 1 saturated heterocycles. The highest BCUT2D eigenvalue weighted by Crippen LogP contribution is 2.19. The Kier molecular flexibility index (Phi) is 5.66. The summed E-state index contributed by atoms with van der Waals surface area (Å²) in [6.45, 7) is 5.71. The summed E-state index contributed by atoms with van der Waals surface area (Å²) in [7, 11) is 0. The van der Waals surface area contributed by atoms with Crippen molar-refractivity contribution in [3.05, 3.63) is 59.4 Å². The summed E-state index contributed by atoms with van der Waals surface area (Å²) < 4.78 is 0. The van der Waals surface area contributed by atoms with Gasteiger partial charge >= 0.3 is 0 Å². The summed E-state index contributed by atoms with van der Waals surface area (Å²) >= 11 is 0. The molecule has 1 atom stereocenters. The number of pyridine rings is 1. The van der Waals surface area contributed by atoms with Crippen LogP contribution in [-0.2, 0) is 6.42 Å². The average molecular weight is 351 g/mol. The van der Waals surface area contributed by atoms with Crippen LogP contribution in [0.1, 0.15) is 53.1 Å². The van der Waals surface area contributed by atoms with Crippen molar-refractivity contribution in [2.45, 2.75) is 33.1 Å². The first-order chi connectivity index (χ1) is 12.6. The van der Waals surface area contributed by atoms with Crippen molar-refractivity contribution >= 4 is 17.5 Å². The molecule has 5 nitrogen and oxygen atoms in total. The Bertz CT molecular complexity index is 803. The van der Waals surface area contributed by atoms with Crippen molar-refractivity contribution in [3.63, 3.8) is 0 Å². The monoisotopic (exact) mass is 351 g/mol. The van der Waals surface area contributed by atoms with Gasteiger partial charge in [-0.1, -0.05) is 32.0 Å². The van der Waals surface area contributed by atoms with Gasteiger partial charge in [0.05, 0.1) is 0 Å². The largest absolute Gasteiger partial charge is 0.337 e. The summed E-state index contributed by atoms with van der Waals surface area (Å²) in [5.41, 5.74) is 2.65. The van der Waals surface area contributed by atoms with Crippen LogP contribution in [0, 0.1) is 5.92 Å². The lowest BCUT2D eigenvalue weighted by molar-refractivity contribution is 0.0677. The first kappa shape index (κ1) is 18.1. The molecule has 1 aliphatic heterocycles. The van der Waals surface area contributed by atoms with E-state index in [2.05, 4.69) is 17.2 Å². The van der Waals surface area contributed by atoms with Crippen molar-refractivity contribution in [2.24, 2.45) is 5.92 Å². The van der Waals surface area contributed by atoms with Crippen LogP contribution in [0.3, 0.4) is 0 Å². The molecule has 1 aromatic heterocycles. The second kappa shape index (κ2) is 8.13. The molecule has 2 aromatic rings. The van der Waals surface area contributed by atoms with Gasteiger partial charge < -0.3 is 10.2 Å². The van der Waals surface area contributed by atoms with Crippen LogP contribution < -0.4 is 5.32 Å². The maximum Gasteiger partial charge on any atom is 0.272 e. The van der Waals surface area contributed by atoms with Gasteiger partial charge in [0.1, 0.15) is 5.69 Å². The van der Waals surface area contributed by atoms with Crippen molar-refractivity contribution in [1.82, 2.24) is 9.88 Å². The highest BCUT2D eigenvalue weighted by molar-refractivity contribution is 6.06. The lowest BCUT2D eigenvalue weighted by atomic mass is 10.00. The SMILES string of the molecule is CCc1ccccc1NC(=O)c1ccnc(C(=O)N2CCCC(C)C2)c1. The van der Waals surface area contributed by atoms with E-state index in [0.717, 1.165) is 43.6 Å². The number of aryl methyl sites for hydroxylation is 1. The number of hydrogen-bond acceptors (Lipinski definition) is 3. The Morgan fingerprint density at radius 1 is 1.27 bits per heavy atom. The number of para-hydroxylation sites is 1. The van der Waals surface area contributed by atoms with Crippen LogP contribution in [0.4, 0.5) is 5.69 Å². The third-order valence-corrected chi connectivity index (χ3v) is 4.83. The van der Waals surface area contributed by atoms with Gasteiger partial charge in [-0.05, 0) is 48.9 Å². The molecule has 26 heavy (non-hydrogen) atoms. The van der Waals surface area contributed by atoms with E-state index in [4.69, 9.17) is 0 Å². The summed E-state index contributed by atoms with van der Waals surface area (Å²) in [6, 6.07) is 11.0.